The van der Waals surface area contributed by atoms with Gasteiger partial charge in [0.2, 0.25) is 0 Å². The monoisotopic (exact) mass is 255 g/mol. The maximum atomic E-state index is 13.6. The Kier molecular flexibility index (Phi) is 6.88. The van der Waals surface area contributed by atoms with Crippen molar-refractivity contribution in [2.24, 2.45) is 5.92 Å². The first-order chi connectivity index (χ1) is 8.67. The number of benzene rings is 1. The van der Waals surface area contributed by atoms with Crippen molar-refractivity contribution in [2.45, 2.75) is 39.5 Å². The quantitative estimate of drug-likeness (QED) is 0.694. The fourth-order valence-electron chi connectivity index (χ4n) is 2.17. The van der Waals surface area contributed by atoms with Crippen LogP contribution in [0.25, 0.3) is 0 Å². The van der Waals surface area contributed by atoms with Gasteiger partial charge in [0.25, 0.3) is 0 Å². The Morgan fingerprint density at radius 2 is 1.94 bits per heavy atom. The van der Waals surface area contributed by atoms with Gasteiger partial charge >= 0.3 is 0 Å². The molecule has 0 radical (unpaired) electrons. The van der Waals surface area contributed by atoms with Gasteiger partial charge in [-0.25, -0.2) is 8.78 Å². The largest absolute Gasteiger partial charge is 0.316 e. The van der Waals surface area contributed by atoms with E-state index in [9.17, 15) is 8.78 Å². The van der Waals surface area contributed by atoms with Crippen LogP contribution in [-0.4, -0.2) is 13.1 Å². The van der Waals surface area contributed by atoms with Gasteiger partial charge in [-0.1, -0.05) is 26.3 Å². The summed E-state index contributed by atoms with van der Waals surface area (Å²) in [6, 6.07) is 3.87. The highest BCUT2D eigenvalue weighted by molar-refractivity contribution is 5.19. The third kappa shape index (κ3) is 5.13. The lowest BCUT2D eigenvalue weighted by molar-refractivity contribution is 0.430. The van der Waals surface area contributed by atoms with Gasteiger partial charge in [-0.05, 0) is 49.9 Å². The fraction of sp³-hybridized carbons (Fsp3) is 0.600. The zero-order valence-corrected chi connectivity index (χ0v) is 11.3. The first-order valence-corrected chi connectivity index (χ1v) is 6.82. The molecule has 0 saturated heterocycles. The molecule has 1 unspecified atom stereocenters. The van der Waals surface area contributed by atoms with Crippen LogP contribution in [-0.2, 0) is 6.42 Å². The van der Waals surface area contributed by atoms with Crippen molar-refractivity contribution in [3.63, 3.8) is 0 Å². The van der Waals surface area contributed by atoms with Crippen molar-refractivity contribution in [1.82, 2.24) is 5.32 Å². The lowest BCUT2D eigenvalue weighted by Gasteiger charge is -2.17. The Labute approximate surface area is 109 Å². The van der Waals surface area contributed by atoms with Gasteiger partial charge in [-0.3, -0.25) is 0 Å². The second kappa shape index (κ2) is 8.20. The van der Waals surface area contributed by atoms with Crippen LogP contribution in [0, 0.1) is 17.6 Å². The molecule has 1 aromatic rings. The maximum Gasteiger partial charge on any atom is 0.129 e. The van der Waals surface area contributed by atoms with Gasteiger partial charge in [0.1, 0.15) is 11.6 Å². The van der Waals surface area contributed by atoms with Crippen molar-refractivity contribution in [3.8, 4) is 0 Å². The lowest BCUT2D eigenvalue weighted by Crippen LogP contribution is -2.25. The molecule has 0 amide bonds. The summed E-state index contributed by atoms with van der Waals surface area (Å²) in [5.41, 5.74) is 0.619. The number of rotatable bonds is 8. The number of nitrogens with one attached hydrogen (secondary N) is 1. The van der Waals surface area contributed by atoms with Gasteiger partial charge in [-0.2, -0.15) is 0 Å². The first-order valence-electron chi connectivity index (χ1n) is 6.82. The lowest BCUT2D eigenvalue weighted by atomic mass is 9.94. The summed E-state index contributed by atoms with van der Waals surface area (Å²) in [6.07, 6.45) is 3.93. The summed E-state index contributed by atoms with van der Waals surface area (Å²) in [7, 11) is 0. The fourth-order valence-corrected chi connectivity index (χ4v) is 2.17. The molecular formula is C15H23F2N. The zero-order valence-electron chi connectivity index (χ0n) is 11.3. The molecule has 0 aliphatic rings. The Hall–Kier alpha value is -0.960. The van der Waals surface area contributed by atoms with Crippen LogP contribution in [0.15, 0.2) is 18.2 Å². The third-order valence-electron chi connectivity index (χ3n) is 3.08. The van der Waals surface area contributed by atoms with Crippen molar-refractivity contribution >= 4 is 0 Å². The highest BCUT2D eigenvalue weighted by Gasteiger charge is 2.12. The summed E-state index contributed by atoms with van der Waals surface area (Å²) in [4.78, 5) is 0. The predicted molar refractivity (Wildman–Crippen MR) is 71.6 cm³/mol. The van der Waals surface area contributed by atoms with E-state index in [1.54, 1.807) is 6.07 Å². The highest BCUT2D eigenvalue weighted by atomic mass is 19.1. The predicted octanol–water partition coefficient (Wildman–Crippen LogP) is 3.92. The average molecular weight is 255 g/mol. The first kappa shape index (κ1) is 15.1. The molecule has 1 atom stereocenters. The van der Waals surface area contributed by atoms with Crippen LogP contribution in [0.1, 0.15) is 38.7 Å². The summed E-state index contributed by atoms with van der Waals surface area (Å²) in [5.74, 6) is -0.513. The molecule has 0 bridgehead atoms. The molecule has 3 heteroatoms. The third-order valence-corrected chi connectivity index (χ3v) is 3.08. The minimum atomic E-state index is -0.507. The van der Waals surface area contributed by atoms with Crippen molar-refractivity contribution < 1.29 is 8.78 Å². The molecule has 1 aromatic carbocycles. The van der Waals surface area contributed by atoms with E-state index in [-0.39, 0.29) is 0 Å². The Balaban J connectivity index is 2.58. The van der Waals surface area contributed by atoms with Crippen molar-refractivity contribution in [2.75, 3.05) is 13.1 Å². The van der Waals surface area contributed by atoms with E-state index in [2.05, 4.69) is 19.2 Å². The molecule has 0 saturated carbocycles. The smallest absolute Gasteiger partial charge is 0.129 e. The molecule has 102 valence electrons. The number of hydrogen-bond donors (Lipinski definition) is 1. The molecule has 0 aliphatic heterocycles. The molecule has 0 spiro atoms. The van der Waals surface area contributed by atoms with E-state index in [1.165, 1.54) is 6.07 Å². The number of halogens is 2. The van der Waals surface area contributed by atoms with Crippen LogP contribution >= 0.6 is 0 Å². The van der Waals surface area contributed by atoms with Crippen LogP contribution in [0.4, 0.5) is 8.78 Å². The molecule has 0 aromatic heterocycles. The van der Waals surface area contributed by atoms with Crippen LogP contribution in [0.5, 0.6) is 0 Å². The van der Waals surface area contributed by atoms with Gasteiger partial charge in [0, 0.05) is 6.07 Å². The van der Waals surface area contributed by atoms with E-state index in [0.29, 0.717) is 17.9 Å². The average Bonchev–Trinajstić information content (AvgIpc) is 2.33. The molecule has 0 heterocycles. The maximum absolute atomic E-state index is 13.6. The Bertz CT molecular complexity index is 352. The van der Waals surface area contributed by atoms with Crippen LogP contribution < -0.4 is 5.32 Å². The van der Waals surface area contributed by atoms with Gasteiger partial charge in [-0.15, -0.1) is 0 Å². The van der Waals surface area contributed by atoms with Crippen LogP contribution in [0.3, 0.4) is 0 Å². The topological polar surface area (TPSA) is 12.0 Å². The van der Waals surface area contributed by atoms with Crippen LogP contribution in [0.2, 0.25) is 0 Å². The zero-order chi connectivity index (χ0) is 13.4. The molecule has 0 aliphatic carbocycles. The Morgan fingerprint density at radius 1 is 1.17 bits per heavy atom. The molecule has 1 N–H and O–H groups in total. The van der Waals surface area contributed by atoms with Crippen molar-refractivity contribution in [3.05, 3.63) is 35.4 Å². The molecule has 1 nitrogen and oxygen atoms in total. The van der Waals surface area contributed by atoms with Gasteiger partial charge < -0.3 is 5.32 Å². The SMILES string of the molecule is CCCNCC(CCC)Cc1ccc(F)cc1F. The number of hydrogen-bond acceptors (Lipinski definition) is 1. The minimum Gasteiger partial charge on any atom is -0.316 e. The van der Waals surface area contributed by atoms with E-state index in [4.69, 9.17) is 0 Å². The summed E-state index contributed by atoms with van der Waals surface area (Å²) >= 11 is 0. The summed E-state index contributed by atoms with van der Waals surface area (Å²) in [6.45, 7) is 6.15. The molecular weight excluding hydrogens is 232 g/mol. The van der Waals surface area contributed by atoms with E-state index >= 15 is 0 Å². The second-order valence-electron chi connectivity index (χ2n) is 4.80. The van der Waals surface area contributed by atoms with Crippen molar-refractivity contribution in [1.29, 1.82) is 0 Å². The molecule has 18 heavy (non-hydrogen) atoms. The summed E-state index contributed by atoms with van der Waals surface area (Å²) in [5, 5.41) is 3.37. The standard InChI is InChI=1S/C15H23F2N/c1-3-5-12(11-18-8-4-2)9-13-6-7-14(16)10-15(13)17/h6-7,10,12,18H,3-5,8-9,11H2,1-2H3. The van der Waals surface area contributed by atoms with E-state index in [0.717, 1.165) is 38.4 Å². The van der Waals surface area contributed by atoms with E-state index in [1.807, 2.05) is 0 Å². The summed E-state index contributed by atoms with van der Waals surface area (Å²) < 4.78 is 26.4. The van der Waals surface area contributed by atoms with Gasteiger partial charge in [0.05, 0.1) is 0 Å². The minimum absolute atomic E-state index is 0.418. The highest BCUT2D eigenvalue weighted by Crippen LogP contribution is 2.17. The second-order valence-corrected chi connectivity index (χ2v) is 4.80. The molecule has 0 fully saturated rings. The normalized spacial score (nSPS) is 12.7. The van der Waals surface area contributed by atoms with E-state index < -0.39 is 11.6 Å². The molecule has 1 rings (SSSR count). The Morgan fingerprint density at radius 3 is 2.56 bits per heavy atom. The van der Waals surface area contributed by atoms with Gasteiger partial charge in [0.15, 0.2) is 0 Å².